The quantitative estimate of drug-likeness (QED) is 0.400. The third-order valence-corrected chi connectivity index (χ3v) is 5.59. The number of aromatic hydroxyl groups is 2. The molecule has 0 aliphatic carbocycles. The summed E-state index contributed by atoms with van der Waals surface area (Å²) in [7, 11) is 0. The van der Waals surface area contributed by atoms with E-state index in [-0.39, 0.29) is 23.1 Å². The van der Waals surface area contributed by atoms with E-state index >= 15 is 0 Å². The molecule has 0 unspecified atom stereocenters. The molecule has 8 heteroatoms. The fraction of sp³-hybridized carbons (Fsp3) is 0.0417. The lowest BCUT2D eigenvalue weighted by molar-refractivity contribution is 0.0697. The van der Waals surface area contributed by atoms with Crippen molar-refractivity contribution in [3.05, 3.63) is 101 Å². The Morgan fingerprint density at radius 1 is 0.875 bits per heavy atom. The number of carboxylic acid groups (broad SMARTS) is 1. The minimum Gasteiger partial charge on any atom is -0.494 e. The zero-order chi connectivity index (χ0) is 22.4. The van der Waals surface area contributed by atoms with Crippen molar-refractivity contribution in [2.75, 3.05) is 5.06 Å². The van der Waals surface area contributed by atoms with Crippen LogP contribution < -0.4 is 9.90 Å². The number of nitrogens with zero attached hydrogens (tertiary/aromatic N) is 2. The Labute approximate surface area is 187 Å². The molecular formula is C24H17ClN2O5. The molecule has 5 rings (SSSR count). The van der Waals surface area contributed by atoms with Gasteiger partial charge in [0, 0.05) is 5.02 Å². The maximum atomic E-state index is 11.2. The summed E-state index contributed by atoms with van der Waals surface area (Å²) in [6.07, 6.45) is 0. The topological polar surface area (TPSA) is 95.2 Å². The van der Waals surface area contributed by atoms with Gasteiger partial charge in [-0.1, -0.05) is 41.9 Å². The molecule has 3 N–H and O–H groups in total. The summed E-state index contributed by atoms with van der Waals surface area (Å²) < 4.78 is 1.22. The number of halogens is 1. The minimum absolute atomic E-state index is 0.0933. The van der Waals surface area contributed by atoms with Gasteiger partial charge in [0.25, 0.3) is 0 Å². The summed E-state index contributed by atoms with van der Waals surface area (Å²) in [6.45, 7) is 0. The van der Waals surface area contributed by atoms with Gasteiger partial charge < -0.3 is 20.2 Å². The van der Waals surface area contributed by atoms with Gasteiger partial charge in [0.15, 0.2) is 0 Å². The molecule has 32 heavy (non-hydrogen) atoms. The van der Waals surface area contributed by atoms with Crippen molar-refractivity contribution >= 4 is 23.3 Å². The molecule has 160 valence electrons. The number of anilines is 1. The van der Waals surface area contributed by atoms with E-state index in [1.807, 2.05) is 36.4 Å². The standard InChI is InChI=1S/C24H17ClN2O5/c25-16-6-4-5-15(13-16)20-19-21(32-27(20)18-7-2-1-3-8-18)23(29)26(22(19)28)17-11-9-14(10-12-17)24(30)31/h1-13,20,28-29H,(H,30,31)/t20-/m0/s1. The molecule has 2 heterocycles. The van der Waals surface area contributed by atoms with Gasteiger partial charge in [-0.15, -0.1) is 0 Å². The lowest BCUT2D eigenvalue weighted by Crippen LogP contribution is -2.27. The van der Waals surface area contributed by atoms with Crippen LogP contribution in [0.15, 0.2) is 78.9 Å². The van der Waals surface area contributed by atoms with E-state index in [2.05, 4.69) is 0 Å². The van der Waals surface area contributed by atoms with Crippen LogP contribution in [-0.2, 0) is 0 Å². The Morgan fingerprint density at radius 3 is 2.25 bits per heavy atom. The Balaban J connectivity index is 1.67. The van der Waals surface area contributed by atoms with Crippen LogP contribution in [0, 0.1) is 0 Å². The Morgan fingerprint density at radius 2 is 1.59 bits per heavy atom. The molecule has 3 aromatic carbocycles. The number of hydroxylamine groups is 1. The molecule has 0 fully saturated rings. The van der Waals surface area contributed by atoms with Crippen molar-refractivity contribution in [3.8, 4) is 23.2 Å². The van der Waals surface area contributed by atoms with E-state index in [1.165, 1.54) is 28.8 Å². The van der Waals surface area contributed by atoms with E-state index in [0.717, 1.165) is 11.3 Å². The van der Waals surface area contributed by atoms with Crippen molar-refractivity contribution in [2.24, 2.45) is 0 Å². The number of aromatic carboxylic acids is 1. The van der Waals surface area contributed by atoms with Crippen LogP contribution in [0.25, 0.3) is 5.69 Å². The highest BCUT2D eigenvalue weighted by Crippen LogP contribution is 2.54. The van der Waals surface area contributed by atoms with E-state index in [1.54, 1.807) is 23.3 Å². The average Bonchev–Trinajstić information content (AvgIpc) is 3.30. The van der Waals surface area contributed by atoms with Crippen molar-refractivity contribution in [1.82, 2.24) is 4.57 Å². The fourth-order valence-corrected chi connectivity index (χ4v) is 4.10. The number of aromatic nitrogens is 1. The zero-order valence-electron chi connectivity index (χ0n) is 16.5. The van der Waals surface area contributed by atoms with Gasteiger partial charge in [-0.25, -0.2) is 9.36 Å². The molecule has 0 amide bonds. The first-order chi connectivity index (χ1) is 15.5. The van der Waals surface area contributed by atoms with Crippen LogP contribution in [0.4, 0.5) is 5.69 Å². The van der Waals surface area contributed by atoms with Gasteiger partial charge in [-0.3, -0.25) is 0 Å². The number of rotatable bonds is 4. The van der Waals surface area contributed by atoms with E-state index in [4.69, 9.17) is 21.5 Å². The second-order valence-electron chi connectivity index (χ2n) is 7.29. The molecule has 0 bridgehead atoms. The second-order valence-corrected chi connectivity index (χ2v) is 7.72. The molecular weight excluding hydrogens is 432 g/mol. The molecule has 0 radical (unpaired) electrons. The molecule has 7 nitrogen and oxygen atoms in total. The van der Waals surface area contributed by atoms with Gasteiger partial charge in [0.2, 0.25) is 17.5 Å². The number of fused-ring (bicyclic) bond motifs is 1. The van der Waals surface area contributed by atoms with Crippen LogP contribution in [0.2, 0.25) is 5.02 Å². The highest BCUT2D eigenvalue weighted by Gasteiger charge is 2.43. The predicted octanol–water partition coefficient (Wildman–Crippen LogP) is 5.14. The fourth-order valence-electron chi connectivity index (χ4n) is 3.90. The average molecular weight is 449 g/mol. The maximum Gasteiger partial charge on any atom is 0.335 e. The Kier molecular flexibility index (Phi) is 4.68. The molecule has 0 saturated heterocycles. The SMILES string of the molecule is O=C(O)c1ccc(-n2c(O)c3c(c2O)[C@H](c2cccc(Cl)c2)N(c2ccccc2)O3)cc1. The van der Waals surface area contributed by atoms with Crippen molar-refractivity contribution in [1.29, 1.82) is 0 Å². The minimum atomic E-state index is -1.07. The lowest BCUT2D eigenvalue weighted by atomic mass is 10.00. The molecule has 4 aromatic rings. The summed E-state index contributed by atoms with van der Waals surface area (Å²) in [4.78, 5) is 17.2. The van der Waals surface area contributed by atoms with Crippen LogP contribution in [0.3, 0.4) is 0 Å². The summed E-state index contributed by atoms with van der Waals surface area (Å²) in [5.41, 5.74) is 2.34. The number of carboxylic acids is 1. The second kappa shape index (κ2) is 7.55. The monoisotopic (exact) mass is 448 g/mol. The first kappa shape index (κ1) is 19.8. The summed E-state index contributed by atoms with van der Waals surface area (Å²) >= 11 is 6.23. The van der Waals surface area contributed by atoms with E-state index in [9.17, 15) is 15.0 Å². The summed E-state index contributed by atoms with van der Waals surface area (Å²) in [6, 6.07) is 21.7. The normalized spacial score (nSPS) is 14.8. The largest absolute Gasteiger partial charge is 0.494 e. The number of hydrogen-bond acceptors (Lipinski definition) is 5. The van der Waals surface area contributed by atoms with Gasteiger partial charge in [0.05, 0.1) is 22.5 Å². The predicted molar refractivity (Wildman–Crippen MR) is 119 cm³/mol. The molecule has 0 saturated carbocycles. The molecule has 1 aliphatic heterocycles. The van der Waals surface area contributed by atoms with Crippen LogP contribution >= 0.6 is 11.6 Å². The number of benzene rings is 3. The lowest BCUT2D eigenvalue weighted by Gasteiger charge is -2.26. The number of para-hydroxylation sites is 1. The zero-order valence-corrected chi connectivity index (χ0v) is 17.3. The van der Waals surface area contributed by atoms with E-state index < -0.39 is 12.0 Å². The summed E-state index contributed by atoms with van der Waals surface area (Å²) in [5, 5.41) is 33.4. The molecule has 0 spiro atoms. The third kappa shape index (κ3) is 3.11. The molecule has 1 atom stereocenters. The third-order valence-electron chi connectivity index (χ3n) is 5.36. The highest BCUT2D eigenvalue weighted by atomic mass is 35.5. The van der Waals surface area contributed by atoms with Crippen LogP contribution in [0.1, 0.15) is 27.5 Å². The maximum absolute atomic E-state index is 11.2. The molecule has 1 aliphatic rings. The molecule has 1 aromatic heterocycles. The summed E-state index contributed by atoms with van der Waals surface area (Å²) in [5.74, 6) is -1.48. The first-order valence-corrected chi connectivity index (χ1v) is 10.1. The van der Waals surface area contributed by atoms with Gasteiger partial charge in [-0.05, 0) is 54.1 Å². The Hall–Kier alpha value is -4.10. The van der Waals surface area contributed by atoms with Crippen molar-refractivity contribution in [2.45, 2.75) is 6.04 Å². The van der Waals surface area contributed by atoms with Crippen molar-refractivity contribution in [3.63, 3.8) is 0 Å². The van der Waals surface area contributed by atoms with Crippen molar-refractivity contribution < 1.29 is 25.0 Å². The number of hydrogen-bond donors (Lipinski definition) is 3. The highest BCUT2D eigenvalue weighted by molar-refractivity contribution is 6.30. The Bertz CT molecular complexity index is 1320. The van der Waals surface area contributed by atoms with Gasteiger partial charge in [-0.2, -0.15) is 5.06 Å². The van der Waals surface area contributed by atoms with Gasteiger partial charge in [0.1, 0.15) is 6.04 Å². The smallest absolute Gasteiger partial charge is 0.335 e. The number of carbonyl (C=O) groups is 1. The first-order valence-electron chi connectivity index (χ1n) is 9.73. The van der Waals surface area contributed by atoms with E-state index in [0.29, 0.717) is 16.3 Å². The van der Waals surface area contributed by atoms with Gasteiger partial charge >= 0.3 is 5.97 Å². The van der Waals surface area contributed by atoms with Crippen LogP contribution in [0.5, 0.6) is 17.5 Å². The van der Waals surface area contributed by atoms with Crippen LogP contribution in [-0.4, -0.2) is 25.9 Å².